The smallest absolute Gasteiger partial charge is 0.251 e. The predicted molar refractivity (Wildman–Crippen MR) is 58.3 cm³/mol. The number of nitrogens with zero attached hydrogens (tertiary/aromatic N) is 1. The van der Waals surface area contributed by atoms with Gasteiger partial charge in [0.05, 0.1) is 6.54 Å². The van der Waals surface area contributed by atoms with Gasteiger partial charge in [-0.3, -0.25) is 0 Å². The monoisotopic (exact) mass is 220 g/mol. The van der Waals surface area contributed by atoms with Gasteiger partial charge in [0, 0.05) is 0 Å². The first-order valence-corrected chi connectivity index (χ1v) is 5.86. The zero-order valence-corrected chi connectivity index (χ0v) is 9.51. The highest BCUT2D eigenvalue weighted by molar-refractivity contribution is 4.69. The van der Waals surface area contributed by atoms with Gasteiger partial charge in [-0.25, -0.2) is 8.78 Å². The van der Waals surface area contributed by atoms with Crippen molar-refractivity contribution in [1.82, 2.24) is 10.2 Å². The molecular weight excluding hydrogens is 198 g/mol. The van der Waals surface area contributed by atoms with E-state index >= 15 is 0 Å². The summed E-state index contributed by atoms with van der Waals surface area (Å²) in [5.41, 5.74) is 0. The van der Waals surface area contributed by atoms with Crippen LogP contribution < -0.4 is 5.32 Å². The lowest BCUT2D eigenvalue weighted by atomic mass is 9.93. The molecule has 1 rings (SSSR count). The number of hydrogen-bond donors (Lipinski definition) is 1. The Morgan fingerprint density at radius 2 is 2.00 bits per heavy atom. The van der Waals surface area contributed by atoms with Gasteiger partial charge in [-0.15, -0.1) is 0 Å². The van der Waals surface area contributed by atoms with E-state index < -0.39 is 6.43 Å². The van der Waals surface area contributed by atoms with Crippen LogP contribution in [0.25, 0.3) is 0 Å². The fraction of sp³-hybridized carbons (Fsp3) is 1.00. The molecule has 90 valence electrons. The Labute approximate surface area is 91.0 Å². The highest BCUT2D eigenvalue weighted by Crippen LogP contribution is 2.17. The topological polar surface area (TPSA) is 15.3 Å². The van der Waals surface area contributed by atoms with E-state index in [1.165, 1.54) is 19.3 Å². The Kier molecular flexibility index (Phi) is 6.10. The average molecular weight is 220 g/mol. The van der Waals surface area contributed by atoms with E-state index in [1.807, 2.05) is 0 Å². The summed E-state index contributed by atoms with van der Waals surface area (Å²) in [5, 5.41) is 3.33. The molecule has 0 aromatic rings. The van der Waals surface area contributed by atoms with Crippen LogP contribution in [0.5, 0.6) is 0 Å². The van der Waals surface area contributed by atoms with Crippen molar-refractivity contribution in [3.63, 3.8) is 0 Å². The zero-order valence-electron chi connectivity index (χ0n) is 9.51. The minimum Gasteiger partial charge on any atom is -0.317 e. The molecule has 0 saturated carbocycles. The van der Waals surface area contributed by atoms with E-state index in [0.29, 0.717) is 0 Å². The molecule has 2 nitrogen and oxygen atoms in total. The largest absolute Gasteiger partial charge is 0.317 e. The number of hydrogen-bond acceptors (Lipinski definition) is 2. The van der Waals surface area contributed by atoms with Crippen LogP contribution in [0.2, 0.25) is 0 Å². The van der Waals surface area contributed by atoms with Crippen LogP contribution in [0.15, 0.2) is 0 Å². The number of halogens is 2. The van der Waals surface area contributed by atoms with Gasteiger partial charge in [0.15, 0.2) is 0 Å². The number of rotatable bonds is 6. The van der Waals surface area contributed by atoms with E-state index in [2.05, 4.69) is 5.32 Å². The predicted octanol–water partition coefficient (Wildman–Crippen LogP) is 1.96. The maximum absolute atomic E-state index is 12.0. The molecule has 0 aliphatic carbocycles. The van der Waals surface area contributed by atoms with Crippen LogP contribution in [-0.4, -0.2) is 44.6 Å². The molecule has 1 aliphatic heterocycles. The summed E-state index contributed by atoms with van der Waals surface area (Å²) in [4.78, 5) is 1.73. The summed E-state index contributed by atoms with van der Waals surface area (Å²) in [7, 11) is 1.77. The normalized spacial score (nSPS) is 19.0. The molecule has 0 radical (unpaired) electrons. The van der Waals surface area contributed by atoms with Crippen LogP contribution in [0.1, 0.15) is 25.7 Å². The van der Waals surface area contributed by atoms with Gasteiger partial charge >= 0.3 is 0 Å². The third-order valence-corrected chi connectivity index (χ3v) is 3.06. The Morgan fingerprint density at radius 1 is 1.33 bits per heavy atom. The first-order valence-electron chi connectivity index (χ1n) is 5.86. The quantitative estimate of drug-likeness (QED) is 0.736. The van der Waals surface area contributed by atoms with Crippen LogP contribution in [0.4, 0.5) is 8.78 Å². The van der Waals surface area contributed by atoms with Crippen molar-refractivity contribution in [3.05, 3.63) is 0 Å². The van der Waals surface area contributed by atoms with Crippen molar-refractivity contribution >= 4 is 0 Å². The van der Waals surface area contributed by atoms with E-state index in [9.17, 15) is 8.78 Å². The minimum absolute atomic E-state index is 0.0910. The molecule has 0 bridgehead atoms. The van der Waals surface area contributed by atoms with Crippen LogP contribution in [-0.2, 0) is 0 Å². The van der Waals surface area contributed by atoms with Crippen molar-refractivity contribution in [2.45, 2.75) is 32.1 Å². The van der Waals surface area contributed by atoms with Gasteiger partial charge in [-0.2, -0.15) is 0 Å². The lowest BCUT2D eigenvalue weighted by Gasteiger charge is -2.23. The van der Waals surface area contributed by atoms with E-state index in [4.69, 9.17) is 0 Å². The molecule has 0 aromatic carbocycles. The highest BCUT2D eigenvalue weighted by Gasteiger charge is 2.13. The van der Waals surface area contributed by atoms with Crippen molar-refractivity contribution in [1.29, 1.82) is 0 Å². The van der Waals surface area contributed by atoms with Crippen LogP contribution in [0.3, 0.4) is 0 Å². The van der Waals surface area contributed by atoms with Crippen molar-refractivity contribution in [2.75, 3.05) is 33.2 Å². The maximum Gasteiger partial charge on any atom is 0.251 e. The maximum atomic E-state index is 12.0. The second-order valence-electron chi connectivity index (χ2n) is 4.49. The summed E-state index contributed by atoms with van der Waals surface area (Å²) in [6, 6.07) is 0. The molecule has 4 heteroatoms. The Hall–Kier alpha value is -0.220. The molecule has 0 atom stereocenters. The number of piperidine rings is 1. The first kappa shape index (κ1) is 12.8. The van der Waals surface area contributed by atoms with Crippen LogP contribution in [0, 0.1) is 5.92 Å². The molecule has 1 aliphatic rings. The molecule has 0 spiro atoms. The molecule has 0 aromatic heterocycles. The summed E-state index contributed by atoms with van der Waals surface area (Å²) in [5.74, 6) is 0.811. The summed E-state index contributed by atoms with van der Waals surface area (Å²) >= 11 is 0. The molecule has 1 heterocycles. The minimum atomic E-state index is -2.20. The lowest BCUT2D eigenvalue weighted by molar-refractivity contribution is 0.0987. The highest BCUT2D eigenvalue weighted by atomic mass is 19.3. The van der Waals surface area contributed by atoms with Crippen LogP contribution >= 0.6 is 0 Å². The molecule has 1 N–H and O–H groups in total. The SMILES string of the molecule is CN(CCCC1CCNCC1)CC(F)F. The standard InChI is InChI=1S/C11H22F2N2/c1-15(9-11(12)13)8-2-3-10-4-6-14-7-5-10/h10-11,14H,2-9H2,1H3. The van der Waals surface area contributed by atoms with Gasteiger partial charge in [0.1, 0.15) is 0 Å². The Bertz CT molecular complexity index is 159. The van der Waals surface area contributed by atoms with E-state index in [-0.39, 0.29) is 6.54 Å². The molecule has 1 fully saturated rings. The van der Waals surface area contributed by atoms with Gasteiger partial charge in [-0.05, 0) is 58.3 Å². The lowest BCUT2D eigenvalue weighted by Crippen LogP contribution is -2.29. The fourth-order valence-electron chi connectivity index (χ4n) is 2.15. The summed E-state index contributed by atoms with van der Waals surface area (Å²) in [6.45, 7) is 2.95. The van der Waals surface area contributed by atoms with Crippen molar-refractivity contribution < 1.29 is 8.78 Å². The molecule has 0 amide bonds. The number of alkyl halides is 2. The Balaban J connectivity index is 1.99. The summed E-state index contributed by atoms with van der Waals surface area (Å²) < 4.78 is 24.0. The third-order valence-electron chi connectivity index (χ3n) is 3.06. The second-order valence-corrected chi connectivity index (χ2v) is 4.49. The first-order chi connectivity index (χ1) is 7.18. The van der Waals surface area contributed by atoms with E-state index in [1.54, 1.807) is 11.9 Å². The second kappa shape index (κ2) is 7.12. The van der Waals surface area contributed by atoms with Gasteiger partial charge in [0.2, 0.25) is 0 Å². The molecular formula is C11H22F2N2. The van der Waals surface area contributed by atoms with Gasteiger partial charge < -0.3 is 10.2 Å². The molecule has 1 saturated heterocycles. The molecule has 15 heavy (non-hydrogen) atoms. The van der Waals surface area contributed by atoms with Crippen molar-refractivity contribution in [2.24, 2.45) is 5.92 Å². The third kappa shape index (κ3) is 6.05. The van der Waals surface area contributed by atoms with Gasteiger partial charge in [-0.1, -0.05) is 0 Å². The fourth-order valence-corrected chi connectivity index (χ4v) is 2.15. The van der Waals surface area contributed by atoms with Gasteiger partial charge in [0.25, 0.3) is 6.43 Å². The summed E-state index contributed by atoms with van der Waals surface area (Å²) in [6.07, 6.45) is 2.54. The Morgan fingerprint density at radius 3 is 2.60 bits per heavy atom. The van der Waals surface area contributed by atoms with E-state index in [0.717, 1.165) is 32.0 Å². The zero-order chi connectivity index (χ0) is 11.1. The van der Waals surface area contributed by atoms with Crippen molar-refractivity contribution in [3.8, 4) is 0 Å². The number of nitrogens with one attached hydrogen (secondary N) is 1. The molecule has 0 unspecified atom stereocenters. The average Bonchev–Trinajstić information content (AvgIpc) is 2.18.